The van der Waals surface area contributed by atoms with Crippen LogP contribution in [0.1, 0.15) is 24.4 Å². The third kappa shape index (κ3) is 4.40. The van der Waals surface area contributed by atoms with Crippen molar-refractivity contribution in [1.82, 2.24) is 4.90 Å². The van der Waals surface area contributed by atoms with Crippen molar-refractivity contribution >= 4 is 15.5 Å². The third-order valence-electron chi connectivity index (χ3n) is 4.60. The van der Waals surface area contributed by atoms with Crippen LogP contribution < -0.4 is 5.32 Å². The van der Waals surface area contributed by atoms with Crippen LogP contribution in [0.2, 0.25) is 0 Å². The van der Waals surface area contributed by atoms with Gasteiger partial charge in [-0.1, -0.05) is 30.3 Å². The van der Waals surface area contributed by atoms with Crippen molar-refractivity contribution in [3.63, 3.8) is 0 Å². The number of likely N-dealkylation sites (tertiary alicyclic amines) is 1. The second kappa shape index (κ2) is 8.14. The second-order valence-electron chi connectivity index (χ2n) is 6.45. The summed E-state index contributed by atoms with van der Waals surface area (Å²) in [6.45, 7) is 2.97. The van der Waals surface area contributed by atoms with E-state index in [2.05, 4.69) is 10.2 Å². The van der Waals surface area contributed by atoms with Gasteiger partial charge in [-0.25, -0.2) is 8.42 Å². The second-order valence-corrected chi connectivity index (χ2v) is 8.36. The van der Waals surface area contributed by atoms with Crippen LogP contribution >= 0.6 is 0 Å². The SMILES string of the molecule is O=S(=O)(c1ccc(NC(CN2CCCC2)c2ccccc2)cc1)C(F)F. The molecule has 0 bridgehead atoms. The Hall–Kier alpha value is -1.99. The number of sulfone groups is 1. The Bertz CT molecular complexity index is 805. The number of alkyl halides is 2. The summed E-state index contributed by atoms with van der Waals surface area (Å²) in [6.07, 6.45) is 2.39. The first-order chi connectivity index (χ1) is 12.5. The Morgan fingerprint density at radius 1 is 0.962 bits per heavy atom. The van der Waals surface area contributed by atoms with E-state index >= 15 is 0 Å². The van der Waals surface area contributed by atoms with Crippen molar-refractivity contribution in [2.24, 2.45) is 0 Å². The van der Waals surface area contributed by atoms with E-state index in [-0.39, 0.29) is 10.9 Å². The summed E-state index contributed by atoms with van der Waals surface area (Å²) in [6, 6.07) is 15.6. The Balaban J connectivity index is 1.78. The molecule has 2 aromatic carbocycles. The zero-order valence-corrected chi connectivity index (χ0v) is 15.1. The number of nitrogens with one attached hydrogen (secondary N) is 1. The highest BCUT2D eigenvalue weighted by Gasteiger charge is 2.26. The van der Waals surface area contributed by atoms with Crippen LogP contribution in [0.5, 0.6) is 0 Å². The van der Waals surface area contributed by atoms with Gasteiger partial charge in [0.2, 0.25) is 9.84 Å². The van der Waals surface area contributed by atoms with Crippen LogP contribution in [0.4, 0.5) is 14.5 Å². The monoisotopic (exact) mass is 380 g/mol. The molecule has 0 aromatic heterocycles. The highest BCUT2D eigenvalue weighted by molar-refractivity contribution is 7.91. The van der Waals surface area contributed by atoms with Crippen LogP contribution in [-0.4, -0.2) is 38.7 Å². The van der Waals surface area contributed by atoms with Crippen LogP contribution in [-0.2, 0) is 9.84 Å². The zero-order chi connectivity index (χ0) is 18.6. The molecule has 26 heavy (non-hydrogen) atoms. The van der Waals surface area contributed by atoms with Crippen molar-refractivity contribution in [2.75, 3.05) is 25.0 Å². The van der Waals surface area contributed by atoms with Crippen molar-refractivity contribution in [3.05, 3.63) is 60.2 Å². The largest absolute Gasteiger partial charge is 0.377 e. The molecular weight excluding hydrogens is 358 g/mol. The number of nitrogens with zero attached hydrogens (tertiary/aromatic N) is 1. The zero-order valence-electron chi connectivity index (χ0n) is 14.3. The Kier molecular flexibility index (Phi) is 5.88. The molecular formula is C19H22F2N2O2S. The summed E-state index contributed by atoms with van der Waals surface area (Å²) in [5.74, 6) is -3.41. The summed E-state index contributed by atoms with van der Waals surface area (Å²) >= 11 is 0. The molecule has 1 aliphatic rings. The summed E-state index contributed by atoms with van der Waals surface area (Å²) in [7, 11) is -4.56. The fourth-order valence-corrected chi connectivity index (χ4v) is 3.91. The molecule has 7 heteroatoms. The predicted octanol–water partition coefficient (Wildman–Crippen LogP) is 3.93. The summed E-state index contributed by atoms with van der Waals surface area (Å²) in [5, 5.41) is 3.41. The fraction of sp³-hybridized carbons (Fsp3) is 0.368. The van der Waals surface area contributed by atoms with E-state index in [1.807, 2.05) is 30.3 Å². The number of halogens is 2. The lowest BCUT2D eigenvalue weighted by molar-refractivity contribution is 0.234. The maximum Gasteiger partial charge on any atom is 0.341 e. The van der Waals surface area contributed by atoms with Crippen LogP contribution in [0.15, 0.2) is 59.5 Å². The lowest BCUT2D eigenvalue weighted by atomic mass is 10.1. The lowest BCUT2D eigenvalue weighted by Gasteiger charge is -2.26. The maximum absolute atomic E-state index is 12.6. The average molecular weight is 380 g/mol. The minimum atomic E-state index is -4.56. The van der Waals surface area contributed by atoms with E-state index in [1.54, 1.807) is 0 Å². The Labute approximate surface area is 152 Å². The molecule has 1 aliphatic heterocycles. The standard InChI is InChI=1S/C19H22F2N2O2S/c20-19(21)26(24,25)17-10-8-16(9-11-17)22-18(14-23-12-4-5-13-23)15-6-2-1-3-7-15/h1-3,6-11,18-19,22H,4-5,12-14H2. The average Bonchev–Trinajstić information content (AvgIpc) is 3.15. The minimum Gasteiger partial charge on any atom is -0.377 e. The van der Waals surface area contributed by atoms with Gasteiger partial charge in [-0.05, 0) is 55.8 Å². The molecule has 3 rings (SSSR count). The van der Waals surface area contributed by atoms with Gasteiger partial charge in [0.05, 0.1) is 10.9 Å². The van der Waals surface area contributed by atoms with E-state index in [0.717, 1.165) is 25.2 Å². The highest BCUT2D eigenvalue weighted by Crippen LogP contribution is 2.25. The number of rotatable bonds is 7. The van der Waals surface area contributed by atoms with E-state index in [0.29, 0.717) is 5.69 Å². The van der Waals surface area contributed by atoms with Crippen molar-refractivity contribution in [3.8, 4) is 0 Å². The molecule has 2 aromatic rings. The molecule has 4 nitrogen and oxygen atoms in total. The van der Waals surface area contributed by atoms with Gasteiger partial charge in [0.1, 0.15) is 0 Å². The highest BCUT2D eigenvalue weighted by atomic mass is 32.2. The van der Waals surface area contributed by atoms with Gasteiger partial charge < -0.3 is 10.2 Å². The molecule has 1 fully saturated rings. The molecule has 0 amide bonds. The van der Waals surface area contributed by atoms with Gasteiger partial charge in [-0.3, -0.25) is 0 Å². The van der Waals surface area contributed by atoms with Crippen LogP contribution in [0.25, 0.3) is 0 Å². The molecule has 0 radical (unpaired) electrons. The van der Waals surface area contributed by atoms with Gasteiger partial charge in [0.15, 0.2) is 0 Å². The van der Waals surface area contributed by atoms with E-state index in [4.69, 9.17) is 0 Å². The molecule has 0 aliphatic carbocycles. The van der Waals surface area contributed by atoms with Crippen molar-refractivity contribution in [2.45, 2.75) is 29.5 Å². The van der Waals surface area contributed by atoms with E-state index in [9.17, 15) is 17.2 Å². The molecule has 1 heterocycles. The third-order valence-corrected chi connectivity index (χ3v) is 6.00. The molecule has 1 unspecified atom stereocenters. The first kappa shape index (κ1) is 18.8. The quantitative estimate of drug-likeness (QED) is 0.791. The maximum atomic E-state index is 12.6. The molecule has 1 N–H and O–H groups in total. The van der Waals surface area contributed by atoms with E-state index in [1.165, 1.54) is 37.1 Å². The molecule has 1 saturated heterocycles. The molecule has 140 valence electrons. The Morgan fingerprint density at radius 3 is 2.15 bits per heavy atom. The molecule has 0 spiro atoms. The van der Waals surface area contributed by atoms with Crippen LogP contribution in [0.3, 0.4) is 0 Å². The van der Waals surface area contributed by atoms with Gasteiger partial charge in [0.25, 0.3) is 0 Å². The normalized spacial score (nSPS) is 16.7. The minimum absolute atomic E-state index is 0.0341. The van der Waals surface area contributed by atoms with Gasteiger partial charge in [0, 0.05) is 12.2 Å². The van der Waals surface area contributed by atoms with Gasteiger partial charge >= 0.3 is 5.76 Å². The summed E-state index contributed by atoms with van der Waals surface area (Å²) in [5.41, 5.74) is 1.83. The topological polar surface area (TPSA) is 49.4 Å². The Morgan fingerprint density at radius 2 is 1.58 bits per heavy atom. The number of benzene rings is 2. The van der Waals surface area contributed by atoms with Gasteiger partial charge in [-0.15, -0.1) is 0 Å². The first-order valence-electron chi connectivity index (χ1n) is 8.63. The van der Waals surface area contributed by atoms with E-state index < -0.39 is 15.6 Å². The molecule has 1 atom stereocenters. The number of hydrogen-bond donors (Lipinski definition) is 1. The number of anilines is 1. The fourth-order valence-electron chi connectivity index (χ4n) is 3.19. The molecule has 0 saturated carbocycles. The smallest absolute Gasteiger partial charge is 0.341 e. The lowest BCUT2D eigenvalue weighted by Crippen LogP contribution is -2.29. The van der Waals surface area contributed by atoms with Gasteiger partial charge in [-0.2, -0.15) is 8.78 Å². The number of hydrogen-bond acceptors (Lipinski definition) is 4. The summed E-state index contributed by atoms with van der Waals surface area (Å²) in [4.78, 5) is 2.02. The van der Waals surface area contributed by atoms with Crippen molar-refractivity contribution < 1.29 is 17.2 Å². The van der Waals surface area contributed by atoms with Crippen molar-refractivity contribution in [1.29, 1.82) is 0 Å². The summed E-state index contributed by atoms with van der Waals surface area (Å²) < 4.78 is 48.4. The predicted molar refractivity (Wildman–Crippen MR) is 98.1 cm³/mol. The van der Waals surface area contributed by atoms with Crippen LogP contribution in [0, 0.1) is 0 Å². The first-order valence-corrected chi connectivity index (χ1v) is 10.2.